The average molecular weight is 300 g/mol. The molecule has 0 aliphatic rings. The van der Waals surface area contributed by atoms with E-state index in [9.17, 15) is 4.79 Å². The van der Waals surface area contributed by atoms with E-state index in [0.29, 0.717) is 11.7 Å². The average Bonchev–Trinajstić information content (AvgIpc) is 3.01. The Morgan fingerprint density at radius 2 is 1.86 bits per heavy atom. The van der Waals surface area contributed by atoms with Crippen LogP contribution < -0.4 is 5.32 Å². The fourth-order valence-corrected chi connectivity index (χ4v) is 2.40. The fraction of sp³-hybridized carbons (Fsp3) is 0.471. The van der Waals surface area contributed by atoms with Crippen LogP contribution in [0.1, 0.15) is 56.6 Å². The highest BCUT2D eigenvalue weighted by atomic mass is 16.1. The van der Waals surface area contributed by atoms with Gasteiger partial charge in [-0.2, -0.15) is 5.10 Å². The van der Waals surface area contributed by atoms with E-state index in [2.05, 4.69) is 46.5 Å². The second-order valence-electron chi connectivity index (χ2n) is 6.16. The summed E-state index contributed by atoms with van der Waals surface area (Å²) in [4.78, 5) is 16.4. The van der Waals surface area contributed by atoms with Gasteiger partial charge in [0.25, 0.3) is 0 Å². The van der Waals surface area contributed by atoms with E-state index in [1.165, 1.54) is 11.9 Å². The van der Waals surface area contributed by atoms with E-state index in [1.807, 2.05) is 26.0 Å². The lowest BCUT2D eigenvalue weighted by Crippen LogP contribution is -2.31. The third-order valence-corrected chi connectivity index (χ3v) is 3.72. The highest BCUT2D eigenvalue weighted by molar-refractivity contribution is 5.83. The zero-order chi connectivity index (χ0) is 16.1. The van der Waals surface area contributed by atoms with Crippen molar-refractivity contribution in [2.24, 2.45) is 5.92 Å². The summed E-state index contributed by atoms with van der Waals surface area (Å²) in [7, 11) is 0. The molecule has 0 aliphatic carbocycles. The summed E-state index contributed by atoms with van der Waals surface area (Å²) in [6, 6.07) is 8.12. The first-order chi connectivity index (χ1) is 10.5. The number of nitrogens with zero attached hydrogens (tertiary/aromatic N) is 2. The molecule has 5 heteroatoms. The third-order valence-electron chi connectivity index (χ3n) is 3.72. The number of amides is 1. The summed E-state index contributed by atoms with van der Waals surface area (Å²) >= 11 is 0. The number of H-pyrrole nitrogens is 1. The van der Waals surface area contributed by atoms with E-state index < -0.39 is 0 Å². The summed E-state index contributed by atoms with van der Waals surface area (Å²) in [6.45, 7) is 8.21. The highest BCUT2D eigenvalue weighted by Crippen LogP contribution is 2.19. The Labute approximate surface area is 131 Å². The lowest BCUT2D eigenvalue weighted by Gasteiger charge is -2.16. The molecule has 1 unspecified atom stereocenters. The van der Waals surface area contributed by atoms with Gasteiger partial charge in [-0.15, -0.1) is 0 Å². The molecule has 2 atom stereocenters. The minimum Gasteiger partial charge on any atom is -0.346 e. The van der Waals surface area contributed by atoms with Crippen LogP contribution in [0.15, 0.2) is 30.6 Å². The van der Waals surface area contributed by atoms with E-state index in [0.717, 1.165) is 12.0 Å². The summed E-state index contributed by atoms with van der Waals surface area (Å²) in [5, 5.41) is 9.52. The van der Waals surface area contributed by atoms with Gasteiger partial charge in [0.2, 0.25) is 5.91 Å². The van der Waals surface area contributed by atoms with E-state index >= 15 is 0 Å². The van der Waals surface area contributed by atoms with E-state index in [4.69, 9.17) is 0 Å². The second-order valence-corrected chi connectivity index (χ2v) is 6.16. The van der Waals surface area contributed by atoms with Crippen molar-refractivity contribution in [2.75, 3.05) is 0 Å². The van der Waals surface area contributed by atoms with E-state index in [1.54, 1.807) is 0 Å². The molecule has 2 rings (SSSR count). The largest absolute Gasteiger partial charge is 0.346 e. The van der Waals surface area contributed by atoms with Gasteiger partial charge in [-0.25, -0.2) is 4.98 Å². The van der Waals surface area contributed by atoms with Gasteiger partial charge in [0.15, 0.2) is 0 Å². The van der Waals surface area contributed by atoms with Crippen LogP contribution in [0.25, 0.3) is 0 Å². The number of hydrogen-bond acceptors (Lipinski definition) is 3. The Balaban J connectivity index is 1.98. The van der Waals surface area contributed by atoms with Crippen LogP contribution in [-0.4, -0.2) is 21.1 Å². The number of aromatic nitrogens is 3. The van der Waals surface area contributed by atoms with Crippen LogP contribution in [0.4, 0.5) is 0 Å². The van der Waals surface area contributed by atoms with Gasteiger partial charge in [-0.1, -0.05) is 38.1 Å². The minimum absolute atomic E-state index is 0.0134. The Bertz CT molecular complexity index is 590. The molecule has 118 valence electrons. The number of carbonyl (C=O) groups is 1. The van der Waals surface area contributed by atoms with Crippen LogP contribution in [-0.2, 0) is 11.2 Å². The minimum atomic E-state index is -0.196. The molecule has 0 saturated carbocycles. The molecule has 1 heterocycles. The predicted molar refractivity (Wildman–Crippen MR) is 86.3 cm³/mol. The summed E-state index contributed by atoms with van der Waals surface area (Å²) in [5.74, 6) is 1.08. The Kier molecular flexibility index (Phi) is 5.31. The summed E-state index contributed by atoms with van der Waals surface area (Å²) in [5.41, 5.74) is 2.33. The second kappa shape index (κ2) is 7.20. The fourth-order valence-electron chi connectivity index (χ4n) is 2.40. The maximum atomic E-state index is 12.3. The quantitative estimate of drug-likeness (QED) is 0.861. The first-order valence-corrected chi connectivity index (χ1v) is 7.72. The van der Waals surface area contributed by atoms with Gasteiger partial charge in [0.1, 0.15) is 12.2 Å². The van der Waals surface area contributed by atoms with Gasteiger partial charge in [-0.3, -0.25) is 9.89 Å². The normalized spacial score (nSPS) is 13.9. The Morgan fingerprint density at radius 1 is 1.18 bits per heavy atom. The van der Waals surface area contributed by atoms with Crippen molar-refractivity contribution in [1.29, 1.82) is 0 Å². The molecule has 2 aromatic rings. The SMILES string of the molecule is CC(C)Cc1ccc([C@H](C)C(=O)NC(C)c2ncn[nH]2)cc1. The Morgan fingerprint density at radius 3 is 2.41 bits per heavy atom. The monoisotopic (exact) mass is 300 g/mol. The lowest BCUT2D eigenvalue weighted by molar-refractivity contribution is -0.122. The number of nitrogens with one attached hydrogen (secondary N) is 2. The highest BCUT2D eigenvalue weighted by Gasteiger charge is 2.19. The summed E-state index contributed by atoms with van der Waals surface area (Å²) < 4.78 is 0. The molecular formula is C17H24N4O. The number of aromatic amines is 1. The smallest absolute Gasteiger partial charge is 0.227 e. The molecule has 5 nitrogen and oxygen atoms in total. The molecule has 0 fully saturated rings. The van der Waals surface area contributed by atoms with Gasteiger partial charge < -0.3 is 5.32 Å². The van der Waals surface area contributed by atoms with Gasteiger partial charge in [-0.05, 0) is 37.3 Å². The molecule has 1 aromatic carbocycles. The van der Waals surface area contributed by atoms with E-state index in [-0.39, 0.29) is 17.9 Å². The lowest BCUT2D eigenvalue weighted by atomic mass is 9.96. The van der Waals surface area contributed by atoms with Crippen LogP contribution in [0.2, 0.25) is 0 Å². The molecule has 1 amide bonds. The number of benzene rings is 1. The molecule has 0 saturated heterocycles. The van der Waals surface area contributed by atoms with Crippen LogP contribution in [0, 0.1) is 5.92 Å². The standard InChI is InChI=1S/C17H24N4O/c1-11(2)9-14-5-7-15(8-6-14)12(3)17(22)20-13(4)16-18-10-19-21-16/h5-8,10-13H,9H2,1-4H3,(H,20,22)(H,18,19,21)/t12-,13?/m0/s1. The van der Waals surface area contributed by atoms with Crippen molar-refractivity contribution in [3.8, 4) is 0 Å². The zero-order valence-electron chi connectivity index (χ0n) is 13.6. The predicted octanol–water partition coefficient (Wildman–Crippen LogP) is 2.98. The third kappa shape index (κ3) is 4.16. The molecular weight excluding hydrogens is 276 g/mol. The zero-order valence-corrected chi connectivity index (χ0v) is 13.6. The Hall–Kier alpha value is -2.17. The molecule has 22 heavy (non-hydrogen) atoms. The molecule has 2 N–H and O–H groups in total. The van der Waals surface area contributed by atoms with Crippen LogP contribution in [0.5, 0.6) is 0 Å². The van der Waals surface area contributed by atoms with Crippen molar-refractivity contribution < 1.29 is 4.79 Å². The van der Waals surface area contributed by atoms with Crippen LogP contribution in [0.3, 0.4) is 0 Å². The number of hydrogen-bond donors (Lipinski definition) is 2. The molecule has 0 spiro atoms. The molecule has 0 aliphatic heterocycles. The van der Waals surface area contributed by atoms with Crippen molar-refractivity contribution >= 4 is 5.91 Å². The topological polar surface area (TPSA) is 70.7 Å². The first kappa shape index (κ1) is 16.2. The van der Waals surface area contributed by atoms with Crippen molar-refractivity contribution in [3.63, 3.8) is 0 Å². The van der Waals surface area contributed by atoms with Crippen molar-refractivity contribution in [1.82, 2.24) is 20.5 Å². The van der Waals surface area contributed by atoms with Crippen molar-refractivity contribution in [2.45, 2.75) is 46.1 Å². The molecule has 0 bridgehead atoms. The number of carbonyl (C=O) groups excluding carboxylic acids is 1. The number of rotatable bonds is 6. The van der Waals surface area contributed by atoms with Gasteiger partial charge in [0.05, 0.1) is 12.0 Å². The summed E-state index contributed by atoms with van der Waals surface area (Å²) in [6.07, 6.45) is 2.50. The molecule has 1 aromatic heterocycles. The van der Waals surface area contributed by atoms with Crippen molar-refractivity contribution in [3.05, 3.63) is 47.5 Å². The van der Waals surface area contributed by atoms with Gasteiger partial charge in [0, 0.05) is 0 Å². The first-order valence-electron chi connectivity index (χ1n) is 7.72. The maximum absolute atomic E-state index is 12.3. The maximum Gasteiger partial charge on any atom is 0.227 e. The molecule has 0 radical (unpaired) electrons. The van der Waals surface area contributed by atoms with Crippen LogP contribution >= 0.6 is 0 Å². The van der Waals surface area contributed by atoms with Gasteiger partial charge >= 0.3 is 0 Å².